The maximum atomic E-state index is 12.0. The number of urea groups is 1. The van der Waals surface area contributed by atoms with Crippen molar-refractivity contribution in [2.75, 3.05) is 32.8 Å². The molecule has 0 aliphatic heterocycles. The SMILES string of the molecule is COCCOc1ccc(C(C)NC(=O)Nc2nccs2)cc1OC. The van der Waals surface area contributed by atoms with Crippen LogP contribution in [-0.2, 0) is 4.74 Å². The van der Waals surface area contributed by atoms with Gasteiger partial charge in [-0.3, -0.25) is 5.32 Å². The van der Waals surface area contributed by atoms with Gasteiger partial charge in [-0.2, -0.15) is 0 Å². The summed E-state index contributed by atoms with van der Waals surface area (Å²) in [5.41, 5.74) is 0.903. The van der Waals surface area contributed by atoms with Gasteiger partial charge in [0.05, 0.1) is 19.8 Å². The molecular weight excluding hydrogens is 330 g/mol. The minimum absolute atomic E-state index is 0.202. The average molecular weight is 351 g/mol. The summed E-state index contributed by atoms with van der Waals surface area (Å²) in [6, 6.07) is 5.04. The highest BCUT2D eigenvalue weighted by molar-refractivity contribution is 7.13. The third-order valence-electron chi connectivity index (χ3n) is 3.23. The van der Waals surface area contributed by atoms with Gasteiger partial charge in [-0.15, -0.1) is 11.3 Å². The smallest absolute Gasteiger partial charge is 0.321 e. The van der Waals surface area contributed by atoms with E-state index < -0.39 is 0 Å². The van der Waals surface area contributed by atoms with Crippen molar-refractivity contribution in [3.63, 3.8) is 0 Å². The zero-order valence-corrected chi connectivity index (χ0v) is 14.7. The number of nitrogens with zero attached hydrogens (tertiary/aromatic N) is 1. The van der Waals surface area contributed by atoms with Gasteiger partial charge in [-0.25, -0.2) is 9.78 Å². The molecule has 0 spiro atoms. The van der Waals surface area contributed by atoms with E-state index in [2.05, 4.69) is 15.6 Å². The average Bonchev–Trinajstić information content (AvgIpc) is 3.07. The number of carbonyl (C=O) groups excluding carboxylic acids is 1. The Hall–Kier alpha value is -2.32. The van der Waals surface area contributed by atoms with Crippen LogP contribution in [0.2, 0.25) is 0 Å². The van der Waals surface area contributed by atoms with Gasteiger partial charge >= 0.3 is 6.03 Å². The van der Waals surface area contributed by atoms with Crippen molar-refractivity contribution in [1.82, 2.24) is 10.3 Å². The molecule has 2 amide bonds. The van der Waals surface area contributed by atoms with Crippen molar-refractivity contribution in [3.8, 4) is 11.5 Å². The van der Waals surface area contributed by atoms with Crippen molar-refractivity contribution in [2.45, 2.75) is 13.0 Å². The van der Waals surface area contributed by atoms with Crippen molar-refractivity contribution >= 4 is 22.5 Å². The maximum absolute atomic E-state index is 12.0. The van der Waals surface area contributed by atoms with Gasteiger partial charge in [-0.05, 0) is 24.6 Å². The molecule has 1 aromatic carbocycles. The summed E-state index contributed by atoms with van der Waals surface area (Å²) >= 11 is 1.36. The lowest BCUT2D eigenvalue weighted by Gasteiger charge is -2.17. The molecule has 0 saturated heterocycles. The second-order valence-electron chi connectivity index (χ2n) is 4.91. The summed E-state index contributed by atoms with van der Waals surface area (Å²) < 4.78 is 15.9. The van der Waals surface area contributed by atoms with Gasteiger partial charge < -0.3 is 19.5 Å². The molecule has 2 N–H and O–H groups in total. The fraction of sp³-hybridized carbons (Fsp3) is 0.375. The molecule has 1 aromatic heterocycles. The Morgan fingerprint density at radius 2 is 2.12 bits per heavy atom. The van der Waals surface area contributed by atoms with E-state index in [1.165, 1.54) is 11.3 Å². The van der Waals surface area contributed by atoms with Gasteiger partial charge in [0.1, 0.15) is 6.61 Å². The van der Waals surface area contributed by atoms with Crippen molar-refractivity contribution in [3.05, 3.63) is 35.3 Å². The molecule has 0 saturated carbocycles. The minimum Gasteiger partial charge on any atom is -0.493 e. The van der Waals surface area contributed by atoms with E-state index in [0.29, 0.717) is 29.8 Å². The van der Waals surface area contributed by atoms with Crippen LogP contribution in [0.25, 0.3) is 0 Å². The number of aromatic nitrogens is 1. The van der Waals surface area contributed by atoms with E-state index in [1.807, 2.05) is 25.1 Å². The molecule has 1 heterocycles. The van der Waals surface area contributed by atoms with E-state index in [1.54, 1.807) is 25.8 Å². The fourth-order valence-corrected chi connectivity index (χ4v) is 2.53. The van der Waals surface area contributed by atoms with Gasteiger partial charge in [0, 0.05) is 18.7 Å². The zero-order valence-electron chi connectivity index (χ0n) is 13.9. The number of ether oxygens (including phenoxy) is 3. The number of hydrogen-bond acceptors (Lipinski definition) is 6. The third-order valence-corrected chi connectivity index (χ3v) is 3.92. The lowest BCUT2D eigenvalue weighted by molar-refractivity contribution is 0.144. The molecule has 130 valence electrons. The van der Waals surface area contributed by atoms with Crippen LogP contribution in [0, 0.1) is 0 Å². The standard InChI is InChI=1S/C16H21N3O4S/c1-11(18-15(20)19-16-17-6-9-24-16)12-4-5-13(14(10-12)22-3)23-8-7-21-2/h4-6,9-11H,7-8H2,1-3H3,(H2,17,18,19,20). The van der Waals surface area contributed by atoms with Crippen LogP contribution >= 0.6 is 11.3 Å². The summed E-state index contributed by atoms with van der Waals surface area (Å²) in [5.74, 6) is 1.25. The number of anilines is 1. The molecule has 8 heteroatoms. The number of amides is 2. The molecular formula is C16H21N3O4S. The zero-order chi connectivity index (χ0) is 17.4. The summed E-state index contributed by atoms with van der Waals surface area (Å²) in [5, 5.41) is 7.89. The fourth-order valence-electron chi connectivity index (χ4n) is 2.01. The van der Waals surface area contributed by atoms with Gasteiger partial charge in [0.15, 0.2) is 16.6 Å². The monoisotopic (exact) mass is 351 g/mol. The number of nitrogens with one attached hydrogen (secondary N) is 2. The first-order valence-corrected chi connectivity index (χ1v) is 8.28. The Morgan fingerprint density at radius 3 is 2.79 bits per heavy atom. The maximum Gasteiger partial charge on any atom is 0.321 e. The lowest BCUT2D eigenvalue weighted by Crippen LogP contribution is -2.31. The van der Waals surface area contributed by atoms with Gasteiger partial charge in [0.25, 0.3) is 0 Å². The van der Waals surface area contributed by atoms with Crippen molar-refractivity contribution in [1.29, 1.82) is 0 Å². The second kappa shape index (κ2) is 9.09. The third kappa shape index (κ3) is 5.10. The number of hydrogen-bond donors (Lipinski definition) is 2. The van der Waals surface area contributed by atoms with Gasteiger partial charge in [-0.1, -0.05) is 6.07 Å². The molecule has 1 atom stereocenters. The van der Waals surface area contributed by atoms with Crippen LogP contribution in [0.1, 0.15) is 18.5 Å². The highest BCUT2D eigenvalue weighted by Gasteiger charge is 2.13. The molecule has 0 bridgehead atoms. The predicted molar refractivity (Wildman–Crippen MR) is 93.0 cm³/mol. The molecule has 0 fully saturated rings. The first kappa shape index (κ1) is 18.0. The van der Waals surface area contributed by atoms with Crippen molar-refractivity contribution < 1.29 is 19.0 Å². The molecule has 0 radical (unpaired) electrons. The summed E-state index contributed by atoms with van der Waals surface area (Å²) in [7, 11) is 3.20. The van der Waals surface area contributed by atoms with E-state index in [-0.39, 0.29) is 12.1 Å². The summed E-state index contributed by atoms with van der Waals surface area (Å²) in [6.07, 6.45) is 1.64. The summed E-state index contributed by atoms with van der Waals surface area (Å²) in [4.78, 5) is 16.0. The Labute approximate surface area is 145 Å². The number of thiazole rings is 1. The Balaban J connectivity index is 1.98. The molecule has 2 aromatic rings. The van der Waals surface area contributed by atoms with E-state index in [4.69, 9.17) is 14.2 Å². The first-order valence-electron chi connectivity index (χ1n) is 7.40. The number of methoxy groups -OCH3 is 2. The van der Waals surface area contributed by atoms with Crippen LogP contribution in [0.4, 0.5) is 9.93 Å². The Morgan fingerprint density at radius 1 is 1.29 bits per heavy atom. The molecule has 24 heavy (non-hydrogen) atoms. The Kier molecular flexibility index (Phi) is 6.83. The second-order valence-corrected chi connectivity index (χ2v) is 5.80. The number of benzene rings is 1. The highest BCUT2D eigenvalue weighted by atomic mass is 32.1. The molecule has 1 unspecified atom stereocenters. The normalized spacial score (nSPS) is 11.6. The first-order chi connectivity index (χ1) is 11.6. The van der Waals surface area contributed by atoms with Crippen molar-refractivity contribution in [2.24, 2.45) is 0 Å². The molecule has 0 aliphatic carbocycles. The summed E-state index contributed by atoms with van der Waals surface area (Å²) in [6.45, 7) is 2.83. The van der Waals surface area contributed by atoms with Crippen LogP contribution < -0.4 is 20.1 Å². The predicted octanol–water partition coefficient (Wildman–Crippen LogP) is 3.06. The van der Waals surface area contributed by atoms with Gasteiger partial charge in [0.2, 0.25) is 0 Å². The van der Waals surface area contributed by atoms with E-state index in [9.17, 15) is 4.79 Å². The number of carbonyl (C=O) groups is 1. The van der Waals surface area contributed by atoms with E-state index >= 15 is 0 Å². The largest absolute Gasteiger partial charge is 0.493 e. The Bertz CT molecular complexity index is 649. The van der Waals surface area contributed by atoms with Crippen LogP contribution in [0.5, 0.6) is 11.5 Å². The lowest BCUT2D eigenvalue weighted by atomic mass is 10.1. The molecule has 7 nitrogen and oxygen atoms in total. The van der Waals surface area contributed by atoms with E-state index in [0.717, 1.165) is 5.56 Å². The topological polar surface area (TPSA) is 81.7 Å². The minimum atomic E-state index is -0.308. The highest BCUT2D eigenvalue weighted by Crippen LogP contribution is 2.30. The molecule has 2 rings (SSSR count). The van der Waals surface area contributed by atoms with Crippen LogP contribution in [-0.4, -0.2) is 38.4 Å². The number of rotatable bonds is 8. The van der Waals surface area contributed by atoms with Crippen LogP contribution in [0.3, 0.4) is 0 Å². The quantitative estimate of drug-likeness (QED) is 0.714. The van der Waals surface area contributed by atoms with Crippen LogP contribution in [0.15, 0.2) is 29.8 Å². The molecule has 0 aliphatic rings.